The van der Waals surface area contributed by atoms with Crippen LogP contribution in [0.4, 0.5) is 10.8 Å². The van der Waals surface area contributed by atoms with E-state index in [-0.39, 0.29) is 11.8 Å². The fourth-order valence-electron chi connectivity index (χ4n) is 1.88. The second-order valence-corrected chi connectivity index (χ2v) is 4.77. The van der Waals surface area contributed by atoms with E-state index in [1.165, 1.54) is 0 Å². The Bertz CT molecular complexity index is 641. The lowest BCUT2D eigenvalue weighted by atomic mass is 10.0. The fraction of sp³-hybridized carbons (Fsp3) is 0.182. The average Bonchev–Trinajstić information content (AvgIpc) is 2.91. The maximum absolute atomic E-state index is 12.0. The van der Waals surface area contributed by atoms with Crippen molar-refractivity contribution in [3.05, 3.63) is 29.3 Å². The molecule has 0 saturated carbocycles. The molecule has 3 rings (SSSR count). The van der Waals surface area contributed by atoms with Crippen LogP contribution in [0.25, 0.3) is 0 Å². The van der Waals surface area contributed by atoms with Gasteiger partial charge in [-0.05, 0) is 35.4 Å². The van der Waals surface area contributed by atoms with Crippen molar-refractivity contribution in [1.29, 1.82) is 0 Å². The van der Waals surface area contributed by atoms with Gasteiger partial charge in [0, 0.05) is 29.2 Å². The van der Waals surface area contributed by atoms with E-state index in [9.17, 15) is 9.59 Å². The predicted octanol–water partition coefficient (Wildman–Crippen LogP) is 1.07. The molecular weight excluding hydrogens is 266 g/mol. The van der Waals surface area contributed by atoms with E-state index in [0.717, 1.165) is 22.8 Å². The van der Waals surface area contributed by atoms with E-state index in [1.54, 1.807) is 18.2 Å². The van der Waals surface area contributed by atoms with Gasteiger partial charge in [-0.1, -0.05) is 9.59 Å². The topological polar surface area (TPSA) is 96.9 Å². The summed E-state index contributed by atoms with van der Waals surface area (Å²) in [6.45, 7) is 0. The third-order valence-corrected chi connectivity index (χ3v) is 3.29. The van der Waals surface area contributed by atoms with Crippen LogP contribution in [-0.2, 0) is 11.2 Å². The molecule has 19 heavy (non-hydrogen) atoms. The van der Waals surface area contributed by atoms with Gasteiger partial charge in [0.2, 0.25) is 11.0 Å². The van der Waals surface area contributed by atoms with Crippen LogP contribution in [0.5, 0.6) is 0 Å². The molecule has 0 spiro atoms. The summed E-state index contributed by atoms with van der Waals surface area (Å²) in [5.74, 6) is -0.261. The number of rotatable bonds is 2. The van der Waals surface area contributed by atoms with E-state index < -0.39 is 0 Å². The molecule has 8 heteroatoms. The third-order valence-electron chi connectivity index (χ3n) is 2.78. The molecule has 0 bridgehead atoms. The highest BCUT2D eigenvalue weighted by atomic mass is 32.1. The van der Waals surface area contributed by atoms with Crippen LogP contribution in [0, 0.1) is 0 Å². The number of carbonyl (C=O) groups is 2. The minimum Gasteiger partial charge on any atom is -0.326 e. The lowest BCUT2D eigenvalue weighted by Crippen LogP contribution is -2.20. The molecule has 0 radical (unpaired) electrons. The number of amides is 2. The zero-order valence-corrected chi connectivity index (χ0v) is 10.5. The first-order valence-corrected chi connectivity index (χ1v) is 6.39. The number of fused-ring (bicyclic) bond motifs is 1. The van der Waals surface area contributed by atoms with Crippen LogP contribution in [0.2, 0.25) is 0 Å². The molecule has 2 aromatic rings. The molecule has 1 aromatic heterocycles. The third kappa shape index (κ3) is 2.43. The number of hydrogen-bond donors (Lipinski definition) is 2. The molecule has 1 aromatic carbocycles. The second kappa shape index (κ2) is 4.73. The highest BCUT2D eigenvalue weighted by Crippen LogP contribution is 2.24. The van der Waals surface area contributed by atoms with E-state index >= 15 is 0 Å². The van der Waals surface area contributed by atoms with Gasteiger partial charge in [-0.3, -0.25) is 14.9 Å². The molecule has 0 atom stereocenters. The van der Waals surface area contributed by atoms with Crippen molar-refractivity contribution in [2.24, 2.45) is 0 Å². The first-order valence-electron chi connectivity index (χ1n) is 5.61. The van der Waals surface area contributed by atoms with Gasteiger partial charge in [-0.25, -0.2) is 0 Å². The highest BCUT2D eigenvalue weighted by molar-refractivity contribution is 7.09. The van der Waals surface area contributed by atoms with Crippen molar-refractivity contribution in [2.75, 3.05) is 10.6 Å². The monoisotopic (exact) mass is 275 g/mol. The number of aromatic nitrogens is 3. The summed E-state index contributed by atoms with van der Waals surface area (Å²) in [7, 11) is 0. The van der Waals surface area contributed by atoms with Crippen LogP contribution in [0.3, 0.4) is 0 Å². The first kappa shape index (κ1) is 11.7. The molecule has 2 amide bonds. The SMILES string of the molecule is O=C1CCc2cc(C(=O)Nc3nnns3)ccc2N1. The number of nitrogens with one attached hydrogen (secondary N) is 2. The Balaban J connectivity index is 1.82. The van der Waals surface area contributed by atoms with Crippen molar-refractivity contribution in [3.63, 3.8) is 0 Å². The quantitative estimate of drug-likeness (QED) is 0.854. The van der Waals surface area contributed by atoms with E-state index in [1.807, 2.05) is 0 Å². The van der Waals surface area contributed by atoms with Crippen molar-refractivity contribution >= 4 is 34.2 Å². The highest BCUT2D eigenvalue weighted by Gasteiger charge is 2.17. The summed E-state index contributed by atoms with van der Waals surface area (Å²) in [5.41, 5.74) is 2.25. The van der Waals surface area contributed by atoms with Crippen LogP contribution >= 0.6 is 11.5 Å². The molecule has 1 aliphatic heterocycles. The van der Waals surface area contributed by atoms with Gasteiger partial charge >= 0.3 is 0 Å². The first-order chi connectivity index (χ1) is 9.22. The van der Waals surface area contributed by atoms with Gasteiger partial charge in [0.05, 0.1) is 0 Å². The normalized spacial score (nSPS) is 13.6. The average molecular weight is 275 g/mol. The maximum Gasteiger partial charge on any atom is 0.257 e. The van der Waals surface area contributed by atoms with E-state index in [4.69, 9.17) is 0 Å². The molecule has 0 unspecified atom stereocenters. The molecule has 96 valence electrons. The lowest BCUT2D eigenvalue weighted by Gasteiger charge is -2.17. The van der Waals surface area contributed by atoms with Gasteiger partial charge in [-0.2, -0.15) is 0 Å². The summed E-state index contributed by atoms with van der Waals surface area (Å²) in [6.07, 6.45) is 1.08. The number of aryl methyl sites for hydroxylation is 1. The number of nitrogens with zero attached hydrogens (tertiary/aromatic N) is 3. The van der Waals surface area contributed by atoms with E-state index in [0.29, 0.717) is 23.5 Å². The van der Waals surface area contributed by atoms with Gasteiger partial charge in [0.15, 0.2) is 0 Å². The van der Waals surface area contributed by atoms with Crippen molar-refractivity contribution in [1.82, 2.24) is 14.8 Å². The maximum atomic E-state index is 12.0. The van der Waals surface area contributed by atoms with Gasteiger partial charge in [0.1, 0.15) is 0 Å². The smallest absolute Gasteiger partial charge is 0.257 e. The largest absolute Gasteiger partial charge is 0.326 e. The molecule has 2 heterocycles. The number of carbonyl (C=O) groups excluding carboxylic acids is 2. The Morgan fingerprint density at radius 3 is 3.05 bits per heavy atom. The lowest BCUT2D eigenvalue weighted by molar-refractivity contribution is -0.116. The minimum absolute atomic E-state index is 0.00429. The van der Waals surface area contributed by atoms with Crippen molar-refractivity contribution < 1.29 is 9.59 Å². The molecule has 1 aliphatic rings. The number of anilines is 2. The Hall–Kier alpha value is -2.35. The summed E-state index contributed by atoms with van der Waals surface area (Å²) < 4.78 is 3.57. The zero-order chi connectivity index (χ0) is 13.2. The van der Waals surface area contributed by atoms with Crippen LogP contribution < -0.4 is 10.6 Å². The number of hydrogen-bond acceptors (Lipinski definition) is 6. The van der Waals surface area contributed by atoms with Crippen LogP contribution in [-0.4, -0.2) is 26.6 Å². The van der Waals surface area contributed by atoms with Gasteiger partial charge in [0.25, 0.3) is 5.91 Å². The summed E-state index contributed by atoms with van der Waals surface area (Å²) >= 11 is 1.01. The fourth-order valence-corrected chi connectivity index (χ4v) is 2.24. The Morgan fingerprint density at radius 1 is 1.37 bits per heavy atom. The Kier molecular flexibility index (Phi) is 2.92. The number of benzene rings is 1. The van der Waals surface area contributed by atoms with Gasteiger partial charge < -0.3 is 5.32 Å². The van der Waals surface area contributed by atoms with Crippen molar-refractivity contribution in [3.8, 4) is 0 Å². The summed E-state index contributed by atoms with van der Waals surface area (Å²) in [4.78, 5) is 23.2. The summed E-state index contributed by atoms with van der Waals surface area (Å²) in [5, 5.41) is 12.8. The molecule has 0 fully saturated rings. The zero-order valence-electron chi connectivity index (χ0n) is 9.71. The molecular formula is C11H9N5O2S. The van der Waals surface area contributed by atoms with Crippen LogP contribution in [0.1, 0.15) is 22.3 Å². The molecule has 0 aliphatic carbocycles. The second-order valence-electron chi connectivity index (χ2n) is 4.04. The Labute approximate surface area is 112 Å². The van der Waals surface area contributed by atoms with E-state index in [2.05, 4.69) is 25.4 Å². The molecule has 7 nitrogen and oxygen atoms in total. The standard InChI is InChI=1S/C11H9N5O2S/c17-9-4-2-6-5-7(1-3-8(6)12-9)10(18)13-11-14-15-16-19-11/h1,3,5H,2,4H2,(H,12,17)(H,13,14,16,18). The predicted molar refractivity (Wildman–Crippen MR) is 69.0 cm³/mol. The van der Waals surface area contributed by atoms with Crippen LogP contribution in [0.15, 0.2) is 18.2 Å². The van der Waals surface area contributed by atoms with Gasteiger partial charge in [-0.15, -0.1) is 0 Å². The molecule has 0 saturated heterocycles. The molecule has 2 N–H and O–H groups in total. The summed E-state index contributed by atoms with van der Waals surface area (Å²) in [6, 6.07) is 5.17. The Morgan fingerprint density at radius 2 is 2.26 bits per heavy atom. The van der Waals surface area contributed by atoms with Crippen molar-refractivity contribution in [2.45, 2.75) is 12.8 Å². The minimum atomic E-state index is -0.266.